The molecule has 0 unspecified atom stereocenters. The minimum atomic E-state index is 0.864. The van der Waals surface area contributed by atoms with Gasteiger partial charge in [-0.15, -0.1) is 11.3 Å². The van der Waals surface area contributed by atoms with Crippen LogP contribution in [-0.2, 0) is 0 Å². The van der Waals surface area contributed by atoms with Crippen molar-refractivity contribution >= 4 is 70.5 Å². The largest absolute Gasteiger partial charge is 0.456 e. The van der Waals surface area contributed by atoms with Crippen LogP contribution in [0, 0.1) is 0 Å². The molecule has 0 amide bonds. The van der Waals surface area contributed by atoms with Crippen molar-refractivity contribution in [3.8, 4) is 44.5 Å². The molecule has 0 atom stereocenters. The second kappa shape index (κ2) is 13.8. The van der Waals surface area contributed by atoms with Gasteiger partial charge in [-0.2, -0.15) is 0 Å². The Balaban J connectivity index is 1.19. The number of anilines is 3. The van der Waals surface area contributed by atoms with Crippen LogP contribution < -0.4 is 4.90 Å². The molecule has 0 saturated heterocycles. The standard InChI is InChI=1S/C54H35NOS/c1-3-14-36(15-4-1)38-26-29-42(30-27-38)55(47-23-10-7-20-43(47)40-28-31-45-44-21-9-12-25-51(44)57-52(45)35-40)48-32-33-50-54(46-22-8-11-24-49(46)56-50)53(48)41-19-13-18-39(34-41)37-16-5-2-6-17-37/h1-35H. The molecule has 2 nitrogen and oxygen atoms in total. The SMILES string of the molecule is c1ccc(-c2ccc(N(c3ccccc3-c3ccc4c(c3)sc3ccccc34)c3ccc4oc5ccccc5c4c3-c3cccc(-c4ccccc4)c3)cc2)cc1. The summed E-state index contributed by atoms with van der Waals surface area (Å²) < 4.78 is 9.17. The van der Waals surface area contributed by atoms with Crippen LogP contribution >= 0.6 is 11.3 Å². The van der Waals surface area contributed by atoms with Crippen molar-refractivity contribution in [2.24, 2.45) is 0 Å². The fourth-order valence-corrected chi connectivity index (χ4v) is 9.56. The molecule has 3 heteroatoms. The molecule has 0 aliphatic carbocycles. The van der Waals surface area contributed by atoms with Gasteiger partial charge in [-0.1, -0.05) is 158 Å². The third-order valence-electron chi connectivity index (χ3n) is 11.1. The number of fused-ring (bicyclic) bond motifs is 6. The highest BCUT2D eigenvalue weighted by molar-refractivity contribution is 7.25. The smallest absolute Gasteiger partial charge is 0.136 e. The lowest BCUT2D eigenvalue weighted by atomic mass is 9.93. The Bertz CT molecular complexity index is 3230. The number of benzene rings is 9. The molecule has 0 bridgehead atoms. The summed E-state index contributed by atoms with van der Waals surface area (Å²) in [6.45, 7) is 0. The average Bonchev–Trinajstić information content (AvgIpc) is 3.86. The van der Waals surface area contributed by atoms with Crippen LogP contribution in [0.1, 0.15) is 0 Å². The van der Waals surface area contributed by atoms with E-state index in [1.807, 2.05) is 17.4 Å². The van der Waals surface area contributed by atoms with Crippen LogP contribution in [-0.4, -0.2) is 0 Å². The molecule has 11 aromatic rings. The fraction of sp³-hybridized carbons (Fsp3) is 0. The Hall–Kier alpha value is -7.20. The number of hydrogen-bond acceptors (Lipinski definition) is 3. The number of thiophene rings is 1. The summed E-state index contributed by atoms with van der Waals surface area (Å²) >= 11 is 1.86. The van der Waals surface area contributed by atoms with E-state index in [4.69, 9.17) is 4.42 Å². The average molecular weight is 746 g/mol. The first-order valence-corrected chi connectivity index (χ1v) is 20.1. The number of hydrogen-bond donors (Lipinski definition) is 0. The molecule has 268 valence electrons. The molecule has 2 heterocycles. The summed E-state index contributed by atoms with van der Waals surface area (Å²) in [6, 6.07) is 76.5. The van der Waals surface area contributed by atoms with Crippen LogP contribution in [0.5, 0.6) is 0 Å². The summed E-state index contributed by atoms with van der Waals surface area (Å²) in [5, 5.41) is 4.80. The Morgan fingerprint density at radius 3 is 1.79 bits per heavy atom. The number of furan rings is 1. The first-order chi connectivity index (χ1) is 28.3. The predicted molar refractivity (Wildman–Crippen MR) is 243 cm³/mol. The maximum Gasteiger partial charge on any atom is 0.136 e. The molecule has 0 fully saturated rings. The normalized spacial score (nSPS) is 11.5. The lowest BCUT2D eigenvalue weighted by molar-refractivity contribution is 0.669. The maximum absolute atomic E-state index is 6.58. The molecule has 9 aromatic carbocycles. The van der Waals surface area contributed by atoms with Gasteiger partial charge in [0, 0.05) is 47.8 Å². The van der Waals surface area contributed by atoms with Gasteiger partial charge in [0.2, 0.25) is 0 Å². The fourth-order valence-electron chi connectivity index (χ4n) is 8.42. The molecule has 0 aliphatic rings. The summed E-state index contributed by atoms with van der Waals surface area (Å²) in [5.74, 6) is 0. The topological polar surface area (TPSA) is 16.4 Å². The van der Waals surface area contributed by atoms with E-state index in [-0.39, 0.29) is 0 Å². The second-order valence-corrected chi connectivity index (χ2v) is 15.5. The van der Waals surface area contributed by atoms with Crippen molar-refractivity contribution in [3.05, 3.63) is 212 Å². The van der Waals surface area contributed by atoms with Crippen LogP contribution in [0.4, 0.5) is 17.1 Å². The van der Waals surface area contributed by atoms with Gasteiger partial charge in [0.1, 0.15) is 11.2 Å². The minimum Gasteiger partial charge on any atom is -0.456 e. The number of para-hydroxylation sites is 2. The summed E-state index contributed by atoms with van der Waals surface area (Å²) in [6.07, 6.45) is 0. The van der Waals surface area contributed by atoms with Gasteiger partial charge in [-0.3, -0.25) is 0 Å². The zero-order chi connectivity index (χ0) is 37.7. The van der Waals surface area contributed by atoms with Gasteiger partial charge in [0.05, 0.1) is 11.4 Å². The summed E-state index contributed by atoms with van der Waals surface area (Å²) in [7, 11) is 0. The second-order valence-electron chi connectivity index (χ2n) is 14.5. The Kier molecular flexibility index (Phi) is 8.04. The highest BCUT2D eigenvalue weighted by atomic mass is 32.1. The van der Waals surface area contributed by atoms with E-state index >= 15 is 0 Å². The third kappa shape index (κ3) is 5.80. The zero-order valence-electron chi connectivity index (χ0n) is 31.0. The molecule has 0 spiro atoms. The van der Waals surface area contributed by atoms with E-state index < -0.39 is 0 Å². The third-order valence-corrected chi connectivity index (χ3v) is 12.2. The van der Waals surface area contributed by atoms with Crippen molar-refractivity contribution in [3.63, 3.8) is 0 Å². The predicted octanol–water partition coefficient (Wildman–Crippen LogP) is 16.1. The van der Waals surface area contributed by atoms with Gasteiger partial charge >= 0.3 is 0 Å². The molecule has 0 radical (unpaired) electrons. The van der Waals surface area contributed by atoms with Crippen LogP contribution in [0.3, 0.4) is 0 Å². The van der Waals surface area contributed by atoms with E-state index in [0.717, 1.165) is 55.7 Å². The molecular formula is C54H35NOS. The zero-order valence-corrected chi connectivity index (χ0v) is 31.8. The van der Waals surface area contributed by atoms with E-state index in [9.17, 15) is 0 Å². The van der Waals surface area contributed by atoms with Crippen LogP contribution in [0.25, 0.3) is 86.6 Å². The van der Waals surface area contributed by atoms with Crippen molar-refractivity contribution in [2.75, 3.05) is 4.90 Å². The van der Waals surface area contributed by atoms with Crippen LogP contribution in [0.15, 0.2) is 217 Å². The summed E-state index contributed by atoms with van der Waals surface area (Å²) in [5.41, 5.74) is 14.3. The maximum atomic E-state index is 6.58. The highest BCUT2D eigenvalue weighted by Crippen LogP contribution is 2.50. The quantitative estimate of drug-likeness (QED) is 0.162. The summed E-state index contributed by atoms with van der Waals surface area (Å²) in [4.78, 5) is 2.45. The monoisotopic (exact) mass is 745 g/mol. The van der Waals surface area contributed by atoms with Gasteiger partial charge in [0.25, 0.3) is 0 Å². The lowest BCUT2D eigenvalue weighted by Gasteiger charge is -2.30. The van der Waals surface area contributed by atoms with Crippen molar-refractivity contribution in [2.45, 2.75) is 0 Å². The van der Waals surface area contributed by atoms with Crippen molar-refractivity contribution < 1.29 is 4.42 Å². The van der Waals surface area contributed by atoms with Crippen molar-refractivity contribution in [1.29, 1.82) is 0 Å². The van der Waals surface area contributed by atoms with Crippen molar-refractivity contribution in [1.82, 2.24) is 0 Å². The van der Waals surface area contributed by atoms with E-state index in [1.165, 1.54) is 48.0 Å². The highest BCUT2D eigenvalue weighted by Gasteiger charge is 2.25. The van der Waals surface area contributed by atoms with Gasteiger partial charge in [-0.05, 0) is 88.0 Å². The van der Waals surface area contributed by atoms with Gasteiger partial charge in [0.15, 0.2) is 0 Å². The molecule has 0 N–H and O–H groups in total. The molecule has 0 saturated carbocycles. The van der Waals surface area contributed by atoms with Gasteiger partial charge in [-0.25, -0.2) is 0 Å². The Morgan fingerprint density at radius 2 is 0.965 bits per heavy atom. The Labute approximate surface area is 335 Å². The van der Waals surface area contributed by atoms with Crippen LogP contribution in [0.2, 0.25) is 0 Å². The lowest BCUT2D eigenvalue weighted by Crippen LogP contribution is -2.12. The Morgan fingerprint density at radius 1 is 0.351 bits per heavy atom. The minimum absolute atomic E-state index is 0.864. The van der Waals surface area contributed by atoms with E-state index in [0.29, 0.717) is 0 Å². The number of rotatable bonds is 7. The molecule has 2 aromatic heterocycles. The molecule has 11 rings (SSSR count). The first-order valence-electron chi connectivity index (χ1n) is 19.3. The van der Waals surface area contributed by atoms with E-state index in [2.05, 4.69) is 211 Å². The molecular weight excluding hydrogens is 711 g/mol. The molecule has 0 aliphatic heterocycles. The first kappa shape index (κ1) is 33.2. The van der Waals surface area contributed by atoms with E-state index in [1.54, 1.807) is 0 Å². The molecule has 57 heavy (non-hydrogen) atoms. The van der Waals surface area contributed by atoms with Gasteiger partial charge < -0.3 is 9.32 Å². The number of nitrogens with zero attached hydrogens (tertiary/aromatic N) is 1.